The van der Waals surface area contributed by atoms with Crippen molar-refractivity contribution in [2.24, 2.45) is 0 Å². The second-order valence-electron chi connectivity index (χ2n) is 4.70. The van der Waals surface area contributed by atoms with Gasteiger partial charge >= 0.3 is 5.22 Å². The summed E-state index contributed by atoms with van der Waals surface area (Å²) in [5, 5.41) is 9.87. The molecule has 1 heterocycles. The minimum Gasteiger partial charge on any atom is -0.482 e. The lowest BCUT2D eigenvalue weighted by atomic mass is 10.3. The summed E-state index contributed by atoms with van der Waals surface area (Å²) in [5.41, 5.74) is 0. The van der Waals surface area contributed by atoms with Crippen LogP contribution >= 0.6 is 23.2 Å². The number of halogens is 2. The summed E-state index contributed by atoms with van der Waals surface area (Å²) in [7, 11) is -3.54. The minimum absolute atomic E-state index is 0.109. The zero-order chi connectivity index (χ0) is 17.7. The van der Waals surface area contributed by atoms with Gasteiger partial charge < -0.3 is 14.5 Å². The van der Waals surface area contributed by atoms with E-state index in [-0.39, 0.29) is 31.4 Å². The van der Waals surface area contributed by atoms with E-state index in [4.69, 9.17) is 32.4 Å². The summed E-state index contributed by atoms with van der Waals surface area (Å²) in [5.74, 6) is 0.0622. The summed E-state index contributed by atoms with van der Waals surface area (Å²) in [6, 6.07) is 4.66. The van der Waals surface area contributed by atoms with Crippen LogP contribution in [0.3, 0.4) is 0 Å². The standard InChI is InChI=1S/C13H13Cl2N3O5S/c1-24(20,21)13-18-17-12(23-13)4-5-16-11(19)7-22-10-3-2-8(14)6-9(10)15/h2-3,6H,4-5,7H2,1H3,(H,16,19). The quantitative estimate of drug-likeness (QED) is 0.758. The van der Waals surface area contributed by atoms with Gasteiger partial charge in [0.25, 0.3) is 5.91 Å². The fourth-order valence-electron chi connectivity index (χ4n) is 1.58. The molecule has 0 radical (unpaired) electrons. The van der Waals surface area contributed by atoms with Crippen LogP contribution in [0.25, 0.3) is 0 Å². The Morgan fingerprint density at radius 3 is 2.71 bits per heavy atom. The van der Waals surface area contributed by atoms with E-state index < -0.39 is 15.1 Å². The molecule has 130 valence electrons. The van der Waals surface area contributed by atoms with Crippen molar-refractivity contribution in [2.75, 3.05) is 19.4 Å². The maximum Gasteiger partial charge on any atom is 0.335 e. The molecule has 0 bridgehead atoms. The van der Waals surface area contributed by atoms with Crippen molar-refractivity contribution in [2.45, 2.75) is 11.6 Å². The Morgan fingerprint density at radius 1 is 1.33 bits per heavy atom. The number of carbonyl (C=O) groups is 1. The van der Waals surface area contributed by atoms with Gasteiger partial charge in [-0.25, -0.2) is 8.42 Å². The molecule has 0 saturated heterocycles. The van der Waals surface area contributed by atoms with Gasteiger partial charge in [0, 0.05) is 24.2 Å². The normalized spacial score (nSPS) is 11.3. The Morgan fingerprint density at radius 2 is 2.08 bits per heavy atom. The van der Waals surface area contributed by atoms with E-state index in [1.54, 1.807) is 12.1 Å². The number of nitrogens with one attached hydrogen (secondary N) is 1. The second-order valence-corrected chi connectivity index (χ2v) is 7.43. The summed E-state index contributed by atoms with van der Waals surface area (Å²) >= 11 is 11.7. The first kappa shape index (κ1) is 18.5. The van der Waals surface area contributed by atoms with Crippen molar-refractivity contribution in [3.63, 3.8) is 0 Å². The highest BCUT2D eigenvalue weighted by molar-refractivity contribution is 7.90. The molecule has 0 fully saturated rings. The van der Waals surface area contributed by atoms with Crippen molar-refractivity contribution in [3.8, 4) is 5.75 Å². The van der Waals surface area contributed by atoms with Gasteiger partial charge in [-0.1, -0.05) is 28.3 Å². The van der Waals surface area contributed by atoms with Crippen LogP contribution in [0.5, 0.6) is 5.75 Å². The van der Waals surface area contributed by atoms with E-state index in [0.717, 1.165) is 6.26 Å². The van der Waals surface area contributed by atoms with Crippen LogP contribution in [0.15, 0.2) is 27.8 Å². The van der Waals surface area contributed by atoms with Gasteiger partial charge in [-0.3, -0.25) is 4.79 Å². The van der Waals surface area contributed by atoms with E-state index in [9.17, 15) is 13.2 Å². The average Bonchev–Trinajstić information content (AvgIpc) is 2.95. The third-order valence-corrected chi connectivity index (χ3v) is 4.01. The zero-order valence-corrected chi connectivity index (χ0v) is 14.8. The fourth-order valence-corrected chi connectivity index (χ4v) is 2.48. The Labute approximate surface area is 148 Å². The molecule has 1 N–H and O–H groups in total. The summed E-state index contributed by atoms with van der Waals surface area (Å²) in [6.45, 7) is -0.0539. The molecule has 0 aliphatic rings. The first-order valence-electron chi connectivity index (χ1n) is 6.62. The Bertz CT molecular complexity index is 838. The van der Waals surface area contributed by atoms with Gasteiger partial charge in [0.15, 0.2) is 6.61 Å². The van der Waals surface area contributed by atoms with Crippen LogP contribution in [0.2, 0.25) is 10.0 Å². The number of hydrogen-bond donors (Lipinski definition) is 1. The molecule has 0 saturated carbocycles. The third kappa shape index (κ3) is 5.36. The summed E-state index contributed by atoms with van der Waals surface area (Å²) in [6.07, 6.45) is 1.15. The van der Waals surface area contributed by atoms with Crippen LogP contribution in [0.4, 0.5) is 0 Å². The topological polar surface area (TPSA) is 111 Å². The van der Waals surface area contributed by atoms with Crippen molar-refractivity contribution in [3.05, 3.63) is 34.1 Å². The van der Waals surface area contributed by atoms with E-state index >= 15 is 0 Å². The Balaban J connectivity index is 1.76. The molecule has 0 atom stereocenters. The SMILES string of the molecule is CS(=O)(=O)c1nnc(CCNC(=O)COc2ccc(Cl)cc2Cl)o1. The highest BCUT2D eigenvalue weighted by Gasteiger charge is 2.16. The minimum atomic E-state index is -3.54. The molecule has 11 heteroatoms. The number of nitrogens with zero attached hydrogens (tertiary/aromatic N) is 2. The highest BCUT2D eigenvalue weighted by atomic mass is 35.5. The lowest BCUT2D eigenvalue weighted by molar-refractivity contribution is -0.123. The van der Waals surface area contributed by atoms with Crippen LogP contribution in [-0.2, 0) is 21.1 Å². The lowest BCUT2D eigenvalue weighted by Gasteiger charge is -2.08. The van der Waals surface area contributed by atoms with Gasteiger partial charge in [0.2, 0.25) is 15.7 Å². The number of benzene rings is 1. The van der Waals surface area contributed by atoms with Crippen molar-refractivity contribution < 1.29 is 22.4 Å². The molecule has 0 spiro atoms. The Hall–Kier alpha value is -1.84. The van der Waals surface area contributed by atoms with Crippen molar-refractivity contribution in [1.82, 2.24) is 15.5 Å². The predicted octanol–water partition coefficient (Wildman–Crippen LogP) is 1.52. The van der Waals surface area contributed by atoms with Gasteiger partial charge in [0.1, 0.15) is 5.75 Å². The number of sulfone groups is 1. The van der Waals surface area contributed by atoms with Crippen molar-refractivity contribution in [1.29, 1.82) is 0 Å². The molecular formula is C13H13Cl2N3O5S. The maximum atomic E-state index is 11.7. The second kappa shape index (κ2) is 7.82. The molecule has 2 aromatic rings. The van der Waals surface area contributed by atoms with E-state index in [2.05, 4.69) is 15.5 Å². The number of hydrogen-bond acceptors (Lipinski definition) is 7. The largest absolute Gasteiger partial charge is 0.482 e. The first-order valence-corrected chi connectivity index (χ1v) is 9.27. The zero-order valence-electron chi connectivity index (χ0n) is 12.5. The number of aromatic nitrogens is 2. The molecule has 1 amide bonds. The van der Waals surface area contributed by atoms with Crippen molar-refractivity contribution >= 4 is 38.9 Å². The van der Waals surface area contributed by atoms with Gasteiger partial charge in [0.05, 0.1) is 5.02 Å². The molecule has 0 aliphatic heterocycles. The molecule has 2 rings (SSSR count). The van der Waals surface area contributed by atoms with Gasteiger partial charge in [-0.2, -0.15) is 0 Å². The number of rotatable bonds is 7. The molecule has 1 aromatic carbocycles. The number of amides is 1. The predicted molar refractivity (Wildman–Crippen MR) is 86.1 cm³/mol. The Kier molecular flexibility index (Phi) is 6.03. The fraction of sp³-hybridized carbons (Fsp3) is 0.308. The van der Waals surface area contributed by atoms with Crippen LogP contribution in [0.1, 0.15) is 5.89 Å². The average molecular weight is 394 g/mol. The molecular weight excluding hydrogens is 381 g/mol. The first-order chi connectivity index (χ1) is 11.3. The van der Waals surface area contributed by atoms with Gasteiger partial charge in [-0.05, 0) is 18.2 Å². The molecule has 0 aliphatic carbocycles. The maximum absolute atomic E-state index is 11.7. The molecule has 1 aromatic heterocycles. The van der Waals surface area contributed by atoms with E-state index in [0.29, 0.717) is 15.8 Å². The van der Waals surface area contributed by atoms with Crippen LogP contribution in [-0.4, -0.2) is 43.9 Å². The smallest absolute Gasteiger partial charge is 0.335 e. The third-order valence-electron chi connectivity index (χ3n) is 2.68. The lowest BCUT2D eigenvalue weighted by Crippen LogP contribution is -2.30. The monoisotopic (exact) mass is 393 g/mol. The number of carbonyl (C=O) groups excluding carboxylic acids is 1. The summed E-state index contributed by atoms with van der Waals surface area (Å²) < 4.78 is 32.6. The number of ether oxygens (including phenoxy) is 1. The van der Waals surface area contributed by atoms with E-state index in [1.165, 1.54) is 6.07 Å². The highest BCUT2D eigenvalue weighted by Crippen LogP contribution is 2.27. The summed E-state index contributed by atoms with van der Waals surface area (Å²) in [4.78, 5) is 11.7. The van der Waals surface area contributed by atoms with E-state index in [1.807, 2.05) is 0 Å². The van der Waals surface area contributed by atoms with Crippen LogP contribution in [0, 0.1) is 0 Å². The van der Waals surface area contributed by atoms with Gasteiger partial charge in [-0.15, -0.1) is 5.10 Å². The molecule has 8 nitrogen and oxygen atoms in total. The van der Waals surface area contributed by atoms with Crippen LogP contribution < -0.4 is 10.1 Å². The molecule has 24 heavy (non-hydrogen) atoms. The molecule has 0 unspecified atom stereocenters.